The van der Waals surface area contributed by atoms with Crippen LogP contribution in [0, 0.1) is 0 Å². The van der Waals surface area contributed by atoms with Crippen molar-refractivity contribution in [3.05, 3.63) is 58.6 Å². The molecule has 0 aliphatic heterocycles. The van der Waals surface area contributed by atoms with E-state index in [2.05, 4.69) is 10.5 Å². The smallest absolute Gasteiger partial charge is 0.161 e. The number of hydrogen-bond acceptors (Lipinski definition) is 4. The van der Waals surface area contributed by atoms with Gasteiger partial charge in [-0.3, -0.25) is 0 Å². The largest absolute Gasteiger partial charge is 0.493 e. The molecule has 116 valence electrons. The Morgan fingerprint density at radius 2 is 1.73 bits per heavy atom. The number of benzene rings is 2. The molecule has 2 aromatic carbocycles. The zero-order chi connectivity index (χ0) is 15.9. The first-order chi connectivity index (χ1) is 10.6. The molecule has 2 rings (SSSR count). The number of ether oxygens (including phenoxy) is 2. The Balaban J connectivity index is 2.00. The first-order valence-corrected chi connectivity index (χ1v) is 7.26. The van der Waals surface area contributed by atoms with E-state index in [9.17, 15) is 0 Å². The van der Waals surface area contributed by atoms with Gasteiger partial charge in [0, 0.05) is 5.02 Å². The van der Waals surface area contributed by atoms with Crippen LogP contribution in [0.5, 0.6) is 11.5 Å². The zero-order valence-electron chi connectivity index (χ0n) is 12.9. The summed E-state index contributed by atoms with van der Waals surface area (Å²) in [6.45, 7) is 2.55. The van der Waals surface area contributed by atoms with Gasteiger partial charge >= 0.3 is 0 Å². The predicted molar refractivity (Wildman–Crippen MR) is 90.0 cm³/mol. The van der Waals surface area contributed by atoms with Gasteiger partial charge in [0.25, 0.3) is 0 Å². The summed E-state index contributed by atoms with van der Waals surface area (Å²) in [5.41, 5.74) is 6.05. The molecule has 0 fully saturated rings. The van der Waals surface area contributed by atoms with Gasteiger partial charge in [-0.1, -0.05) is 29.8 Å². The van der Waals surface area contributed by atoms with Crippen molar-refractivity contribution >= 4 is 17.3 Å². The Labute approximate surface area is 135 Å². The van der Waals surface area contributed by atoms with E-state index in [0.29, 0.717) is 18.0 Å². The van der Waals surface area contributed by atoms with Gasteiger partial charge in [0.05, 0.1) is 26.5 Å². The second-order valence-electron chi connectivity index (χ2n) is 4.73. The van der Waals surface area contributed by atoms with E-state index in [0.717, 1.165) is 21.9 Å². The molecule has 0 saturated carbocycles. The third-order valence-corrected chi connectivity index (χ3v) is 3.49. The van der Waals surface area contributed by atoms with Gasteiger partial charge in [-0.25, -0.2) is 0 Å². The van der Waals surface area contributed by atoms with E-state index in [1.807, 2.05) is 49.4 Å². The van der Waals surface area contributed by atoms with Crippen LogP contribution in [-0.4, -0.2) is 19.9 Å². The first-order valence-electron chi connectivity index (χ1n) is 6.88. The number of rotatable bonds is 6. The molecule has 0 aliphatic rings. The van der Waals surface area contributed by atoms with Gasteiger partial charge in [-0.05, 0) is 42.3 Å². The van der Waals surface area contributed by atoms with Gasteiger partial charge in [0.15, 0.2) is 11.5 Å². The normalized spacial score (nSPS) is 11.2. The third-order valence-electron chi connectivity index (χ3n) is 3.24. The fourth-order valence-corrected chi connectivity index (χ4v) is 2.12. The Morgan fingerprint density at radius 1 is 1.05 bits per heavy atom. The molecule has 0 radical (unpaired) electrons. The van der Waals surface area contributed by atoms with Crippen molar-refractivity contribution in [2.45, 2.75) is 13.5 Å². The maximum absolute atomic E-state index is 5.88. The van der Waals surface area contributed by atoms with Gasteiger partial charge < -0.3 is 14.9 Å². The highest BCUT2D eigenvalue weighted by Crippen LogP contribution is 2.27. The quantitative estimate of drug-likeness (QED) is 0.649. The molecule has 22 heavy (non-hydrogen) atoms. The van der Waals surface area contributed by atoms with E-state index in [1.54, 1.807) is 14.2 Å². The minimum Gasteiger partial charge on any atom is -0.493 e. The minimum absolute atomic E-state index is 0.602. The highest BCUT2D eigenvalue weighted by molar-refractivity contribution is 6.30. The maximum atomic E-state index is 5.88. The molecular formula is C17H19ClN2O2. The lowest BCUT2D eigenvalue weighted by Gasteiger charge is -2.09. The van der Waals surface area contributed by atoms with Crippen LogP contribution in [0.1, 0.15) is 18.1 Å². The van der Waals surface area contributed by atoms with Gasteiger partial charge in [-0.2, -0.15) is 5.10 Å². The van der Waals surface area contributed by atoms with Gasteiger partial charge in [0.2, 0.25) is 0 Å². The van der Waals surface area contributed by atoms with Crippen LogP contribution in [-0.2, 0) is 6.54 Å². The van der Waals surface area contributed by atoms with E-state index >= 15 is 0 Å². The summed E-state index contributed by atoms with van der Waals surface area (Å²) >= 11 is 5.88. The highest BCUT2D eigenvalue weighted by atomic mass is 35.5. The van der Waals surface area contributed by atoms with E-state index in [1.165, 1.54) is 0 Å². The molecule has 0 amide bonds. The number of nitrogens with zero attached hydrogens (tertiary/aromatic N) is 1. The number of halogens is 1. The third kappa shape index (κ3) is 4.15. The van der Waals surface area contributed by atoms with Crippen LogP contribution < -0.4 is 14.9 Å². The Kier molecular flexibility index (Phi) is 5.67. The van der Waals surface area contributed by atoms with Gasteiger partial charge in [0.1, 0.15) is 0 Å². The van der Waals surface area contributed by atoms with Crippen LogP contribution in [0.4, 0.5) is 0 Å². The topological polar surface area (TPSA) is 42.8 Å². The first kappa shape index (κ1) is 16.2. The second-order valence-corrected chi connectivity index (χ2v) is 5.16. The van der Waals surface area contributed by atoms with Crippen molar-refractivity contribution in [3.63, 3.8) is 0 Å². The van der Waals surface area contributed by atoms with Crippen molar-refractivity contribution in [1.29, 1.82) is 0 Å². The van der Waals surface area contributed by atoms with Crippen LogP contribution in [0.2, 0.25) is 5.02 Å². The Bertz CT molecular complexity index is 654. The molecule has 0 bridgehead atoms. The monoisotopic (exact) mass is 318 g/mol. The number of methoxy groups -OCH3 is 2. The summed E-state index contributed by atoms with van der Waals surface area (Å²) in [4.78, 5) is 0. The Morgan fingerprint density at radius 3 is 2.36 bits per heavy atom. The molecule has 5 heteroatoms. The van der Waals surface area contributed by atoms with Crippen LogP contribution >= 0.6 is 11.6 Å². The van der Waals surface area contributed by atoms with Crippen molar-refractivity contribution in [2.24, 2.45) is 5.10 Å². The van der Waals surface area contributed by atoms with E-state index in [4.69, 9.17) is 21.1 Å². The molecule has 0 atom stereocenters. The number of hydrogen-bond donors (Lipinski definition) is 1. The second kappa shape index (κ2) is 7.71. The van der Waals surface area contributed by atoms with E-state index < -0.39 is 0 Å². The summed E-state index contributed by atoms with van der Waals surface area (Å²) in [6.07, 6.45) is 0. The number of hydrazone groups is 1. The van der Waals surface area contributed by atoms with Crippen LogP contribution in [0.15, 0.2) is 47.6 Å². The van der Waals surface area contributed by atoms with Gasteiger partial charge in [-0.15, -0.1) is 0 Å². The lowest BCUT2D eigenvalue weighted by Crippen LogP contribution is -2.09. The fourth-order valence-electron chi connectivity index (χ4n) is 2.00. The molecule has 0 spiro atoms. The molecule has 0 aliphatic carbocycles. The SMILES string of the molecule is COc1ccc(CN/N=C(/C)c2ccc(Cl)cc2)cc1OC. The molecule has 0 unspecified atom stereocenters. The minimum atomic E-state index is 0.602. The summed E-state index contributed by atoms with van der Waals surface area (Å²) in [7, 11) is 3.24. The predicted octanol–water partition coefficient (Wildman–Crippen LogP) is 3.87. The maximum Gasteiger partial charge on any atom is 0.161 e. The number of nitrogens with one attached hydrogen (secondary N) is 1. The zero-order valence-corrected chi connectivity index (χ0v) is 13.6. The average Bonchev–Trinajstić information content (AvgIpc) is 2.55. The summed E-state index contributed by atoms with van der Waals surface area (Å²) < 4.78 is 10.5. The van der Waals surface area contributed by atoms with Crippen LogP contribution in [0.3, 0.4) is 0 Å². The highest BCUT2D eigenvalue weighted by Gasteiger charge is 2.04. The molecular weight excluding hydrogens is 300 g/mol. The molecule has 4 nitrogen and oxygen atoms in total. The summed E-state index contributed by atoms with van der Waals surface area (Å²) in [5.74, 6) is 1.42. The molecule has 0 saturated heterocycles. The molecule has 0 heterocycles. The van der Waals surface area contributed by atoms with Crippen molar-refractivity contribution < 1.29 is 9.47 Å². The van der Waals surface area contributed by atoms with Crippen LogP contribution in [0.25, 0.3) is 0 Å². The standard InChI is InChI=1S/C17H19ClN2O2/c1-12(14-5-7-15(18)8-6-14)20-19-11-13-4-9-16(21-2)17(10-13)22-3/h4-10,19H,11H2,1-3H3/b20-12-. The summed E-state index contributed by atoms with van der Waals surface area (Å²) in [6, 6.07) is 13.4. The molecule has 2 aromatic rings. The lowest BCUT2D eigenvalue weighted by molar-refractivity contribution is 0.354. The lowest BCUT2D eigenvalue weighted by atomic mass is 10.1. The Hall–Kier alpha value is -2.20. The molecule has 0 aromatic heterocycles. The average molecular weight is 319 g/mol. The molecule has 1 N–H and O–H groups in total. The van der Waals surface area contributed by atoms with Crippen molar-refractivity contribution in [3.8, 4) is 11.5 Å². The van der Waals surface area contributed by atoms with Crippen molar-refractivity contribution in [1.82, 2.24) is 5.43 Å². The summed E-state index contributed by atoms with van der Waals surface area (Å²) in [5, 5.41) is 5.09. The van der Waals surface area contributed by atoms with E-state index in [-0.39, 0.29) is 0 Å². The fraction of sp³-hybridized carbons (Fsp3) is 0.235. The van der Waals surface area contributed by atoms with Crippen molar-refractivity contribution in [2.75, 3.05) is 14.2 Å².